The van der Waals surface area contributed by atoms with Gasteiger partial charge in [-0.25, -0.2) is 13.5 Å². The van der Waals surface area contributed by atoms with Gasteiger partial charge in [-0.3, -0.25) is 19.5 Å². The predicted molar refractivity (Wildman–Crippen MR) is 100 cm³/mol. The highest BCUT2D eigenvalue weighted by atomic mass is 35.5. The molecule has 0 saturated heterocycles. The van der Waals surface area contributed by atoms with Crippen LogP contribution in [0.5, 0.6) is 0 Å². The average molecular weight is 422 g/mol. The van der Waals surface area contributed by atoms with Crippen molar-refractivity contribution < 1.29 is 23.5 Å². The zero-order valence-corrected chi connectivity index (χ0v) is 15.4. The second kappa shape index (κ2) is 8.27. The van der Waals surface area contributed by atoms with E-state index < -0.39 is 47.1 Å². The van der Waals surface area contributed by atoms with Crippen molar-refractivity contribution in [3.05, 3.63) is 86.8 Å². The van der Waals surface area contributed by atoms with Gasteiger partial charge < -0.3 is 10.4 Å². The highest BCUT2D eigenvalue weighted by molar-refractivity contribution is 6.32. The Morgan fingerprint density at radius 2 is 1.79 bits per heavy atom. The smallest absolute Gasteiger partial charge is 0.305 e. The minimum atomic E-state index is -1.49. The standard InChI is InChI=1S/C19H14ClF2N3O4/c20-10-4-1-2-7-15(10)25-16(26)8-14(24-25)19(29)23-13(9-17(27)28)18-11(21)5-3-6-12(18)22/h1-8,13,24H,9H2,(H,23,29)(H,27,28)/t13-/m0/s1. The van der Waals surface area contributed by atoms with E-state index in [2.05, 4.69) is 10.4 Å². The number of hydrogen-bond acceptors (Lipinski definition) is 3. The number of amides is 1. The molecule has 3 rings (SSSR count). The maximum Gasteiger partial charge on any atom is 0.305 e. The molecule has 0 fully saturated rings. The number of aliphatic carboxylic acids is 1. The fraction of sp³-hybridized carbons (Fsp3) is 0.105. The van der Waals surface area contributed by atoms with Crippen LogP contribution in [0.2, 0.25) is 5.02 Å². The van der Waals surface area contributed by atoms with E-state index in [1.807, 2.05) is 0 Å². The van der Waals surface area contributed by atoms with Gasteiger partial charge in [-0.15, -0.1) is 0 Å². The molecule has 0 aliphatic heterocycles. The quantitative estimate of drug-likeness (QED) is 0.569. The highest BCUT2D eigenvalue weighted by Gasteiger charge is 2.26. The molecule has 0 radical (unpaired) electrons. The van der Waals surface area contributed by atoms with E-state index in [1.165, 1.54) is 0 Å². The maximum absolute atomic E-state index is 14.1. The van der Waals surface area contributed by atoms with Crippen LogP contribution in [0.4, 0.5) is 8.78 Å². The number of aromatic amines is 1. The highest BCUT2D eigenvalue weighted by Crippen LogP contribution is 2.24. The number of para-hydroxylation sites is 1. The molecule has 3 aromatic rings. The van der Waals surface area contributed by atoms with Crippen molar-refractivity contribution in [3.8, 4) is 5.69 Å². The fourth-order valence-corrected chi connectivity index (χ4v) is 3.02. The number of nitrogens with one attached hydrogen (secondary N) is 2. The Hall–Kier alpha value is -3.46. The first kappa shape index (κ1) is 20.3. The number of aromatic nitrogens is 2. The van der Waals surface area contributed by atoms with Crippen LogP contribution in [0.1, 0.15) is 28.5 Å². The molecule has 1 heterocycles. The number of H-pyrrole nitrogens is 1. The summed E-state index contributed by atoms with van der Waals surface area (Å²) >= 11 is 6.05. The summed E-state index contributed by atoms with van der Waals surface area (Å²) in [7, 11) is 0. The molecule has 29 heavy (non-hydrogen) atoms. The Kier molecular flexibility index (Phi) is 5.79. The van der Waals surface area contributed by atoms with Crippen molar-refractivity contribution in [2.24, 2.45) is 0 Å². The molecular weight excluding hydrogens is 408 g/mol. The SMILES string of the molecule is O=C(O)C[C@H](NC(=O)c1cc(=O)n(-c2ccccc2Cl)[nH]1)c1c(F)cccc1F. The number of rotatable bonds is 6. The molecule has 1 atom stereocenters. The summed E-state index contributed by atoms with van der Waals surface area (Å²) in [5.74, 6) is -4.29. The molecule has 7 nitrogen and oxygen atoms in total. The van der Waals surface area contributed by atoms with Gasteiger partial charge in [0.1, 0.15) is 17.3 Å². The van der Waals surface area contributed by atoms with Gasteiger partial charge in [-0.1, -0.05) is 29.8 Å². The Morgan fingerprint density at radius 3 is 2.41 bits per heavy atom. The lowest BCUT2D eigenvalue weighted by Crippen LogP contribution is -2.31. The van der Waals surface area contributed by atoms with E-state index in [4.69, 9.17) is 16.7 Å². The molecular formula is C19H14ClF2N3O4. The molecule has 0 unspecified atom stereocenters. The van der Waals surface area contributed by atoms with E-state index in [9.17, 15) is 23.2 Å². The minimum Gasteiger partial charge on any atom is -0.481 e. The van der Waals surface area contributed by atoms with E-state index in [0.29, 0.717) is 5.69 Å². The largest absolute Gasteiger partial charge is 0.481 e. The molecule has 1 amide bonds. The number of nitrogens with zero attached hydrogens (tertiary/aromatic N) is 1. The molecule has 0 bridgehead atoms. The van der Waals surface area contributed by atoms with Gasteiger partial charge in [0.05, 0.1) is 23.2 Å². The van der Waals surface area contributed by atoms with Crippen LogP contribution in [0.3, 0.4) is 0 Å². The lowest BCUT2D eigenvalue weighted by atomic mass is 10.0. The van der Waals surface area contributed by atoms with Crippen LogP contribution in [0.15, 0.2) is 53.3 Å². The first-order valence-corrected chi connectivity index (χ1v) is 8.69. The lowest BCUT2D eigenvalue weighted by Gasteiger charge is -2.18. The molecule has 0 spiro atoms. The van der Waals surface area contributed by atoms with Crippen LogP contribution in [0, 0.1) is 11.6 Å². The minimum absolute atomic E-state index is 0.234. The van der Waals surface area contributed by atoms with Crippen molar-refractivity contribution in [3.63, 3.8) is 0 Å². The van der Waals surface area contributed by atoms with Crippen LogP contribution >= 0.6 is 11.6 Å². The Bertz CT molecular complexity index is 1120. The lowest BCUT2D eigenvalue weighted by molar-refractivity contribution is -0.137. The fourth-order valence-electron chi connectivity index (χ4n) is 2.80. The third-order valence-corrected chi connectivity index (χ3v) is 4.41. The number of benzene rings is 2. The van der Waals surface area contributed by atoms with Crippen molar-refractivity contribution >= 4 is 23.5 Å². The third-order valence-electron chi connectivity index (χ3n) is 4.09. The predicted octanol–water partition coefficient (Wildman–Crippen LogP) is 3.04. The van der Waals surface area contributed by atoms with Crippen molar-refractivity contribution in [1.82, 2.24) is 15.1 Å². The molecule has 0 aliphatic carbocycles. The number of carbonyl (C=O) groups is 2. The summed E-state index contributed by atoms with van der Waals surface area (Å²) in [6.45, 7) is 0. The topological polar surface area (TPSA) is 104 Å². The summed E-state index contributed by atoms with van der Waals surface area (Å²) in [6.07, 6.45) is -0.765. The zero-order valence-electron chi connectivity index (χ0n) is 14.7. The maximum atomic E-state index is 14.1. The van der Waals surface area contributed by atoms with E-state index in [-0.39, 0.29) is 10.7 Å². The third kappa shape index (κ3) is 4.35. The van der Waals surface area contributed by atoms with Gasteiger partial charge >= 0.3 is 5.97 Å². The summed E-state index contributed by atoms with van der Waals surface area (Å²) < 4.78 is 29.2. The molecule has 2 aromatic carbocycles. The summed E-state index contributed by atoms with van der Waals surface area (Å²) in [5, 5.41) is 14.1. The van der Waals surface area contributed by atoms with Crippen molar-refractivity contribution in [1.29, 1.82) is 0 Å². The first-order chi connectivity index (χ1) is 13.8. The number of halogens is 3. The Balaban J connectivity index is 1.93. The van der Waals surface area contributed by atoms with Gasteiger partial charge in [-0.05, 0) is 24.3 Å². The second-order valence-corrected chi connectivity index (χ2v) is 6.46. The number of hydrogen-bond donors (Lipinski definition) is 3. The second-order valence-electron chi connectivity index (χ2n) is 6.05. The molecule has 0 saturated carbocycles. The molecule has 1 aromatic heterocycles. The van der Waals surface area contributed by atoms with Gasteiger partial charge in [0.2, 0.25) is 0 Å². The molecule has 10 heteroatoms. The first-order valence-electron chi connectivity index (χ1n) is 8.31. The number of carbonyl (C=O) groups excluding carboxylic acids is 1. The van der Waals surface area contributed by atoms with Crippen molar-refractivity contribution in [2.45, 2.75) is 12.5 Å². The Morgan fingerprint density at radius 1 is 1.14 bits per heavy atom. The monoisotopic (exact) mass is 421 g/mol. The normalized spacial score (nSPS) is 11.8. The van der Waals surface area contributed by atoms with Crippen LogP contribution in [-0.4, -0.2) is 26.8 Å². The summed E-state index contributed by atoms with van der Waals surface area (Å²) in [5.41, 5.74) is -1.13. The van der Waals surface area contributed by atoms with Gasteiger partial charge in [0, 0.05) is 11.6 Å². The van der Waals surface area contributed by atoms with Gasteiger partial charge in [0.25, 0.3) is 11.5 Å². The van der Waals surface area contributed by atoms with E-state index >= 15 is 0 Å². The molecule has 150 valence electrons. The Labute approximate surface area is 167 Å². The number of carboxylic acid groups (broad SMARTS) is 1. The van der Waals surface area contributed by atoms with Crippen LogP contribution in [-0.2, 0) is 4.79 Å². The van der Waals surface area contributed by atoms with Gasteiger partial charge in [-0.2, -0.15) is 0 Å². The van der Waals surface area contributed by atoms with Gasteiger partial charge in [0.15, 0.2) is 0 Å². The van der Waals surface area contributed by atoms with E-state index in [0.717, 1.165) is 28.9 Å². The molecule has 3 N–H and O–H groups in total. The summed E-state index contributed by atoms with van der Waals surface area (Å²) in [6, 6.07) is 8.89. The zero-order chi connectivity index (χ0) is 21.1. The van der Waals surface area contributed by atoms with Crippen LogP contribution in [0.25, 0.3) is 5.69 Å². The molecule has 0 aliphatic rings. The average Bonchev–Trinajstić information content (AvgIpc) is 3.03. The van der Waals surface area contributed by atoms with E-state index in [1.54, 1.807) is 24.3 Å². The summed E-state index contributed by atoms with van der Waals surface area (Å²) in [4.78, 5) is 35.9. The van der Waals surface area contributed by atoms with Crippen LogP contribution < -0.4 is 10.9 Å². The number of carboxylic acids is 1. The van der Waals surface area contributed by atoms with Crippen molar-refractivity contribution in [2.75, 3.05) is 0 Å².